The van der Waals surface area contributed by atoms with Crippen LogP contribution in [0.4, 0.5) is 0 Å². The van der Waals surface area contributed by atoms with Crippen molar-refractivity contribution in [3.05, 3.63) is 29.8 Å². The highest BCUT2D eigenvalue weighted by molar-refractivity contribution is 14.0. The number of likely N-dealkylation sites (N-methyl/N-ethyl adjacent to an activating group) is 1. The smallest absolute Gasteiger partial charge is 0.241 e. The SMILES string of the molecule is CCCNC(=NCc1ccc(OC)cc1)NCC(=O)N(C)C.I. The van der Waals surface area contributed by atoms with Gasteiger partial charge in [0.2, 0.25) is 5.91 Å². The molecule has 0 aromatic heterocycles. The lowest BCUT2D eigenvalue weighted by Gasteiger charge is -2.14. The van der Waals surface area contributed by atoms with Crippen LogP contribution in [0.25, 0.3) is 0 Å². The van der Waals surface area contributed by atoms with Crippen molar-refractivity contribution in [2.45, 2.75) is 19.9 Å². The molecule has 0 atom stereocenters. The minimum absolute atomic E-state index is 0. The number of nitrogens with zero attached hydrogens (tertiary/aromatic N) is 2. The van der Waals surface area contributed by atoms with E-state index < -0.39 is 0 Å². The second-order valence-corrected chi connectivity index (χ2v) is 5.08. The summed E-state index contributed by atoms with van der Waals surface area (Å²) in [6.07, 6.45) is 0.991. The molecule has 2 N–H and O–H groups in total. The third kappa shape index (κ3) is 8.63. The van der Waals surface area contributed by atoms with E-state index in [1.807, 2.05) is 24.3 Å². The fraction of sp³-hybridized carbons (Fsp3) is 0.500. The number of hydrogen-bond donors (Lipinski definition) is 2. The first-order valence-corrected chi connectivity index (χ1v) is 7.42. The Hall–Kier alpha value is -1.51. The van der Waals surface area contributed by atoms with Crippen molar-refractivity contribution >= 4 is 35.8 Å². The van der Waals surface area contributed by atoms with Gasteiger partial charge in [-0.1, -0.05) is 19.1 Å². The first kappa shape index (κ1) is 21.5. The molecule has 0 radical (unpaired) electrons. The van der Waals surface area contributed by atoms with Crippen molar-refractivity contribution in [1.29, 1.82) is 0 Å². The highest BCUT2D eigenvalue weighted by atomic mass is 127. The largest absolute Gasteiger partial charge is 0.497 e. The van der Waals surface area contributed by atoms with E-state index in [0.29, 0.717) is 12.5 Å². The molecule has 0 heterocycles. The third-order valence-corrected chi connectivity index (χ3v) is 3.03. The molecule has 0 aliphatic carbocycles. The van der Waals surface area contributed by atoms with Crippen LogP contribution in [0.5, 0.6) is 5.75 Å². The average Bonchev–Trinajstić information content (AvgIpc) is 2.54. The van der Waals surface area contributed by atoms with Gasteiger partial charge in [-0.15, -0.1) is 24.0 Å². The van der Waals surface area contributed by atoms with Gasteiger partial charge in [0.15, 0.2) is 5.96 Å². The van der Waals surface area contributed by atoms with Crippen LogP contribution in [-0.4, -0.2) is 51.1 Å². The number of halogens is 1. The standard InChI is InChI=1S/C16H26N4O2.HI/c1-5-10-17-16(19-12-15(21)20(2)3)18-11-13-6-8-14(22-4)9-7-13;/h6-9H,5,10-12H2,1-4H3,(H2,17,18,19);1H. The second kappa shape index (κ2) is 12.0. The number of guanidine groups is 1. The van der Waals surface area contributed by atoms with Crippen LogP contribution in [-0.2, 0) is 11.3 Å². The zero-order chi connectivity index (χ0) is 16.4. The number of amides is 1. The number of nitrogens with one attached hydrogen (secondary N) is 2. The van der Waals surface area contributed by atoms with Crippen LogP contribution in [0, 0.1) is 0 Å². The Morgan fingerprint density at radius 2 is 1.87 bits per heavy atom. The van der Waals surface area contributed by atoms with Gasteiger partial charge in [0.1, 0.15) is 5.75 Å². The summed E-state index contributed by atoms with van der Waals surface area (Å²) in [6, 6.07) is 7.77. The maximum atomic E-state index is 11.6. The Morgan fingerprint density at radius 3 is 2.39 bits per heavy atom. The van der Waals surface area contributed by atoms with Crippen molar-refractivity contribution < 1.29 is 9.53 Å². The molecule has 1 rings (SSSR count). The van der Waals surface area contributed by atoms with Crippen LogP contribution in [0.3, 0.4) is 0 Å². The van der Waals surface area contributed by atoms with Crippen LogP contribution < -0.4 is 15.4 Å². The van der Waals surface area contributed by atoms with Gasteiger partial charge in [0.05, 0.1) is 20.2 Å². The quantitative estimate of drug-likeness (QED) is 0.391. The maximum Gasteiger partial charge on any atom is 0.241 e. The molecule has 0 saturated carbocycles. The number of aliphatic imine (C=N–C) groups is 1. The molecule has 7 heteroatoms. The molecular weight excluding hydrogens is 407 g/mol. The van der Waals surface area contributed by atoms with E-state index in [-0.39, 0.29) is 36.4 Å². The molecule has 1 aromatic rings. The topological polar surface area (TPSA) is 66.0 Å². The zero-order valence-corrected chi connectivity index (χ0v) is 16.6. The minimum Gasteiger partial charge on any atom is -0.497 e. The van der Waals surface area contributed by atoms with Crippen LogP contribution in [0.1, 0.15) is 18.9 Å². The van der Waals surface area contributed by atoms with Gasteiger partial charge in [0, 0.05) is 20.6 Å². The number of carbonyl (C=O) groups is 1. The summed E-state index contributed by atoms with van der Waals surface area (Å²) in [7, 11) is 5.11. The van der Waals surface area contributed by atoms with Crippen LogP contribution >= 0.6 is 24.0 Å². The average molecular weight is 434 g/mol. The van der Waals surface area contributed by atoms with Gasteiger partial charge >= 0.3 is 0 Å². The lowest BCUT2D eigenvalue weighted by molar-refractivity contribution is -0.127. The lowest BCUT2D eigenvalue weighted by atomic mass is 10.2. The summed E-state index contributed by atoms with van der Waals surface area (Å²) in [4.78, 5) is 17.7. The molecule has 0 spiro atoms. The molecule has 0 saturated heterocycles. The first-order chi connectivity index (χ1) is 10.6. The Kier molecular flexibility index (Phi) is 11.2. The third-order valence-electron chi connectivity index (χ3n) is 3.03. The molecule has 1 amide bonds. The number of carbonyl (C=O) groups excluding carboxylic acids is 1. The highest BCUT2D eigenvalue weighted by Crippen LogP contribution is 2.11. The Morgan fingerprint density at radius 1 is 1.22 bits per heavy atom. The minimum atomic E-state index is 0. The first-order valence-electron chi connectivity index (χ1n) is 7.42. The predicted molar refractivity (Wildman–Crippen MR) is 105 cm³/mol. The van der Waals surface area contributed by atoms with E-state index in [9.17, 15) is 4.79 Å². The molecule has 23 heavy (non-hydrogen) atoms. The fourth-order valence-electron chi connectivity index (χ4n) is 1.64. The summed E-state index contributed by atoms with van der Waals surface area (Å²) >= 11 is 0. The van der Waals surface area contributed by atoms with Gasteiger partial charge in [-0.2, -0.15) is 0 Å². The monoisotopic (exact) mass is 434 g/mol. The van der Waals surface area contributed by atoms with Gasteiger partial charge in [-0.3, -0.25) is 4.79 Å². The van der Waals surface area contributed by atoms with Gasteiger partial charge < -0.3 is 20.3 Å². The number of rotatable bonds is 7. The van der Waals surface area contributed by atoms with E-state index in [1.165, 1.54) is 0 Å². The number of methoxy groups -OCH3 is 1. The lowest BCUT2D eigenvalue weighted by Crippen LogP contribution is -2.43. The van der Waals surface area contributed by atoms with Gasteiger partial charge in [0.25, 0.3) is 0 Å². The molecule has 1 aromatic carbocycles. The number of ether oxygens (including phenoxy) is 1. The molecule has 0 unspecified atom stereocenters. The predicted octanol–water partition coefficient (Wildman–Crippen LogP) is 1.85. The summed E-state index contributed by atoms with van der Waals surface area (Å²) < 4.78 is 5.13. The Labute approximate surface area is 155 Å². The van der Waals surface area contributed by atoms with Crippen molar-refractivity contribution in [2.75, 3.05) is 34.3 Å². The van der Waals surface area contributed by atoms with Crippen molar-refractivity contribution in [3.63, 3.8) is 0 Å². The molecule has 0 aliphatic rings. The summed E-state index contributed by atoms with van der Waals surface area (Å²) in [5.74, 6) is 1.48. The highest BCUT2D eigenvalue weighted by Gasteiger charge is 2.05. The van der Waals surface area contributed by atoms with E-state index in [1.54, 1.807) is 26.1 Å². The molecule has 130 valence electrons. The Bertz CT molecular complexity index is 489. The van der Waals surface area contributed by atoms with Gasteiger partial charge in [-0.05, 0) is 24.1 Å². The van der Waals surface area contributed by atoms with Crippen molar-refractivity contribution in [2.24, 2.45) is 4.99 Å². The summed E-state index contributed by atoms with van der Waals surface area (Å²) in [6.45, 7) is 3.66. The van der Waals surface area contributed by atoms with Crippen molar-refractivity contribution in [3.8, 4) is 5.75 Å². The zero-order valence-electron chi connectivity index (χ0n) is 14.3. The van der Waals surface area contributed by atoms with Crippen molar-refractivity contribution in [1.82, 2.24) is 15.5 Å². The van der Waals surface area contributed by atoms with E-state index in [4.69, 9.17) is 4.74 Å². The normalized spacial score (nSPS) is 10.5. The number of benzene rings is 1. The van der Waals surface area contributed by atoms with Crippen LogP contribution in [0.2, 0.25) is 0 Å². The van der Waals surface area contributed by atoms with E-state index in [2.05, 4.69) is 22.5 Å². The fourth-order valence-corrected chi connectivity index (χ4v) is 1.64. The molecule has 0 fully saturated rings. The van der Waals surface area contributed by atoms with E-state index >= 15 is 0 Å². The number of hydrogen-bond acceptors (Lipinski definition) is 3. The Balaban J connectivity index is 0.00000484. The molecule has 0 bridgehead atoms. The summed E-state index contributed by atoms with van der Waals surface area (Å²) in [5, 5.41) is 6.25. The molecule has 6 nitrogen and oxygen atoms in total. The van der Waals surface area contributed by atoms with E-state index in [0.717, 1.165) is 24.3 Å². The molecule has 0 aliphatic heterocycles. The maximum absolute atomic E-state index is 11.6. The van der Waals surface area contributed by atoms with Gasteiger partial charge in [-0.25, -0.2) is 4.99 Å². The van der Waals surface area contributed by atoms with Crippen LogP contribution in [0.15, 0.2) is 29.3 Å². The summed E-state index contributed by atoms with van der Waals surface area (Å²) in [5.41, 5.74) is 1.08. The second-order valence-electron chi connectivity index (χ2n) is 5.08. The molecular formula is C16H27IN4O2.